The highest BCUT2D eigenvalue weighted by atomic mass is 19.1. The van der Waals surface area contributed by atoms with Gasteiger partial charge in [-0.2, -0.15) is 5.10 Å². The lowest BCUT2D eigenvalue weighted by Gasteiger charge is -2.27. The summed E-state index contributed by atoms with van der Waals surface area (Å²) in [5.74, 6) is -0.240. The molecule has 126 valence electrons. The summed E-state index contributed by atoms with van der Waals surface area (Å²) in [5.41, 5.74) is 5.17. The highest BCUT2D eigenvalue weighted by Crippen LogP contribution is 2.36. The summed E-state index contributed by atoms with van der Waals surface area (Å²) in [6, 6.07) is 10.5. The van der Waals surface area contributed by atoms with E-state index in [-0.39, 0.29) is 5.82 Å². The molecule has 4 rings (SSSR count). The molecule has 2 aromatic heterocycles. The average molecular weight is 334 g/mol. The third-order valence-corrected chi connectivity index (χ3v) is 4.53. The van der Waals surface area contributed by atoms with Crippen molar-refractivity contribution in [3.63, 3.8) is 0 Å². The summed E-state index contributed by atoms with van der Waals surface area (Å²) in [5, 5.41) is 4.84. The van der Waals surface area contributed by atoms with Crippen LogP contribution in [-0.4, -0.2) is 32.8 Å². The van der Waals surface area contributed by atoms with Gasteiger partial charge in [-0.05, 0) is 42.0 Å². The molecule has 3 aromatic rings. The van der Waals surface area contributed by atoms with Crippen molar-refractivity contribution in [1.29, 1.82) is 0 Å². The molecule has 0 radical (unpaired) electrons. The number of fused-ring (bicyclic) bond motifs is 1. The SMILES string of the molecule is C=CCN1CCn2nc(-c3ccc(F)cc3)c(-c3ccncc3)c2C1. The van der Waals surface area contributed by atoms with Gasteiger partial charge < -0.3 is 0 Å². The second-order valence-electron chi connectivity index (χ2n) is 6.16. The van der Waals surface area contributed by atoms with E-state index in [1.807, 2.05) is 18.2 Å². The van der Waals surface area contributed by atoms with Crippen molar-refractivity contribution in [1.82, 2.24) is 19.7 Å². The molecule has 0 spiro atoms. The molecule has 25 heavy (non-hydrogen) atoms. The number of rotatable bonds is 4. The molecule has 5 heteroatoms. The lowest BCUT2D eigenvalue weighted by atomic mass is 9.99. The number of benzene rings is 1. The third-order valence-electron chi connectivity index (χ3n) is 4.53. The molecule has 0 N–H and O–H groups in total. The van der Waals surface area contributed by atoms with E-state index >= 15 is 0 Å². The smallest absolute Gasteiger partial charge is 0.123 e. The second kappa shape index (κ2) is 6.61. The van der Waals surface area contributed by atoms with Gasteiger partial charge in [-0.1, -0.05) is 6.08 Å². The van der Waals surface area contributed by atoms with Crippen LogP contribution in [0.15, 0.2) is 61.4 Å². The first-order valence-electron chi connectivity index (χ1n) is 8.35. The minimum absolute atomic E-state index is 0.240. The fourth-order valence-corrected chi connectivity index (χ4v) is 3.34. The number of pyridine rings is 1. The fourth-order valence-electron chi connectivity index (χ4n) is 3.34. The standard InChI is InChI=1S/C20H19FN4/c1-2-11-24-12-13-25-18(14-24)19(15-7-9-22-10-8-15)20(23-25)16-3-5-17(21)6-4-16/h2-10H,1,11-14H2. The number of hydrogen-bond donors (Lipinski definition) is 0. The summed E-state index contributed by atoms with van der Waals surface area (Å²) in [7, 11) is 0. The molecule has 0 atom stereocenters. The largest absolute Gasteiger partial charge is 0.292 e. The van der Waals surface area contributed by atoms with Gasteiger partial charge in [0.25, 0.3) is 0 Å². The number of hydrogen-bond acceptors (Lipinski definition) is 3. The molecule has 0 saturated heterocycles. The Morgan fingerprint density at radius 3 is 2.52 bits per heavy atom. The Kier molecular flexibility index (Phi) is 4.15. The minimum Gasteiger partial charge on any atom is -0.292 e. The van der Waals surface area contributed by atoms with Gasteiger partial charge >= 0.3 is 0 Å². The quantitative estimate of drug-likeness (QED) is 0.682. The van der Waals surface area contributed by atoms with Gasteiger partial charge in [0.15, 0.2) is 0 Å². The summed E-state index contributed by atoms with van der Waals surface area (Å²) in [6.07, 6.45) is 5.51. The van der Waals surface area contributed by atoms with Crippen molar-refractivity contribution < 1.29 is 4.39 Å². The monoisotopic (exact) mass is 334 g/mol. The predicted molar refractivity (Wildman–Crippen MR) is 96.3 cm³/mol. The minimum atomic E-state index is -0.240. The molecule has 4 nitrogen and oxygen atoms in total. The number of halogens is 1. The van der Waals surface area contributed by atoms with Crippen molar-refractivity contribution in [3.8, 4) is 22.4 Å². The van der Waals surface area contributed by atoms with Crippen LogP contribution in [0, 0.1) is 5.82 Å². The molecule has 0 amide bonds. The summed E-state index contributed by atoms with van der Waals surface area (Å²) in [6.45, 7) is 7.30. The van der Waals surface area contributed by atoms with Crippen LogP contribution in [-0.2, 0) is 13.1 Å². The van der Waals surface area contributed by atoms with Crippen molar-refractivity contribution in [2.24, 2.45) is 0 Å². The van der Waals surface area contributed by atoms with Gasteiger partial charge in [-0.3, -0.25) is 14.6 Å². The zero-order valence-electron chi connectivity index (χ0n) is 13.9. The Hall–Kier alpha value is -2.79. The molecule has 0 unspecified atom stereocenters. The normalized spacial score (nSPS) is 14.3. The fraction of sp³-hybridized carbons (Fsp3) is 0.200. The van der Waals surface area contributed by atoms with Crippen molar-refractivity contribution in [2.75, 3.05) is 13.1 Å². The Morgan fingerprint density at radius 1 is 1.04 bits per heavy atom. The van der Waals surface area contributed by atoms with Crippen LogP contribution in [0.5, 0.6) is 0 Å². The van der Waals surface area contributed by atoms with Gasteiger partial charge in [0.2, 0.25) is 0 Å². The molecular weight excluding hydrogens is 315 g/mol. The molecule has 1 aliphatic rings. The molecule has 1 aliphatic heterocycles. The maximum absolute atomic E-state index is 13.3. The van der Waals surface area contributed by atoms with Crippen LogP contribution in [0.4, 0.5) is 4.39 Å². The Balaban J connectivity index is 1.87. The Morgan fingerprint density at radius 2 is 1.80 bits per heavy atom. The lowest BCUT2D eigenvalue weighted by molar-refractivity contribution is 0.235. The summed E-state index contributed by atoms with van der Waals surface area (Å²) < 4.78 is 15.4. The first kappa shape index (κ1) is 15.7. The third kappa shape index (κ3) is 2.98. The molecule has 0 bridgehead atoms. The maximum atomic E-state index is 13.3. The van der Waals surface area contributed by atoms with Crippen LogP contribution in [0.3, 0.4) is 0 Å². The zero-order valence-corrected chi connectivity index (χ0v) is 13.9. The highest BCUT2D eigenvalue weighted by molar-refractivity contribution is 5.82. The van der Waals surface area contributed by atoms with E-state index in [2.05, 4.69) is 21.1 Å². The molecule has 0 fully saturated rings. The molecule has 0 saturated carbocycles. The van der Waals surface area contributed by atoms with Gasteiger partial charge in [-0.15, -0.1) is 6.58 Å². The van der Waals surface area contributed by atoms with Crippen molar-refractivity contribution >= 4 is 0 Å². The van der Waals surface area contributed by atoms with E-state index < -0.39 is 0 Å². The highest BCUT2D eigenvalue weighted by Gasteiger charge is 2.25. The lowest BCUT2D eigenvalue weighted by Crippen LogP contribution is -2.34. The number of aromatic nitrogens is 3. The van der Waals surface area contributed by atoms with E-state index in [0.717, 1.165) is 48.6 Å². The van der Waals surface area contributed by atoms with E-state index in [4.69, 9.17) is 5.10 Å². The van der Waals surface area contributed by atoms with Crippen LogP contribution < -0.4 is 0 Å². The van der Waals surface area contributed by atoms with E-state index in [0.29, 0.717) is 0 Å². The molecule has 1 aromatic carbocycles. The van der Waals surface area contributed by atoms with E-state index in [1.165, 1.54) is 17.8 Å². The molecular formula is C20H19FN4. The Bertz CT molecular complexity index is 884. The van der Waals surface area contributed by atoms with E-state index in [1.54, 1.807) is 24.5 Å². The summed E-state index contributed by atoms with van der Waals surface area (Å²) in [4.78, 5) is 6.48. The Labute approximate surface area is 146 Å². The molecule has 0 aliphatic carbocycles. The first-order valence-corrected chi connectivity index (χ1v) is 8.35. The van der Waals surface area contributed by atoms with Crippen LogP contribution >= 0.6 is 0 Å². The average Bonchev–Trinajstić information content (AvgIpc) is 3.02. The molecule has 3 heterocycles. The van der Waals surface area contributed by atoms with Gasteiger partial charge in [0, 0.05) is 43.2 Å². The topological polar surface area (TPSA) is 34.0 Å². The van der Waals surface area contributed by atoms with Gasteiger partial charge in [0.05, 0.1) is 12.2 Å². The van der Waals surface area contributed by atoms with Crippen molar-refractivity contribution in [2.45, 2.75) is 13.1 Å². The summed E-state index contributed by atoms with van der Waals surface area (Å²) >= 11 is 0. The van der Waals surface area contributed by atoms with Gasteiger partial charge in [0.1, 0.15) is 11.5 Å². The maximum Gasteiger partial charge on any atom is 0.123 e. The van der Waals surface area contributed by atoms with E-state index in [9.17, 15) is 4.39 Å². The van der Waals surface area contributed by atoms with Gasteiger partial charge in [-0.25, -0.2) is 4.39 Å². The second-order valence-corrected chi connectivity index (χ2v) is 6.16. The van der Waals surface area contributed by atoms with Crippen LogP contribution in [0.2, 0.25) is 0 Å². The van der Waals surface area contributed by atoms with Crippen molar-refractivity contribution in [3.05, 3.63) is 73.0 Å². The first-order chi connectivity index (χ1) is 12.3. The zero-order chi connectivity index (χ0) is 17.2. The predicted octanol–water partition coefficient (Wildman–Crippen LogP) is 3.75. The van der Waals surface area contributed by atoms with Crippen LogP contribution in [0.25, 0.3) is 22.4 Å². The van der Waals surface area contributed by atoms with Crippen LogP contribution in [0.1, 0.15) is 5.69 Å². The number of nitrogens with zero attached hydrogens (tertiary/aromatic N) is 4.